The van der Waals surface area contributed by atoms with Crippen LogP contribution in [0.5, 0.6) is 0 Å². The monoisotopic (exact) mass is 398 g/mol. The van der Waals surface area contributed by atoms with Gasteiger partial charge in [0.2, 0.25) is 10.0 Å². The highest BCUT2D eigenvalue weighted by Crippen LogP contribution is 2.27. The van der Waals surface area contributed by atoms with Gasteiger partial charge in [0.05, 0.1) is 22.4 Å². The lowest BCUT2D eigenvalue weighted by Gasteiger charge is -2.27. The molecular weight excluding hydrogens is 376 g/mol. The van der Waals surface area contributed by atoms with Crippen molar-refractivity contribution in [2.75, 3.05) is 0 Å². The number of carbonyl (C=O) groups excluding carboxylic acids is 1. The summed E-state index contributed by atoms with van der Waals surface area (Å²) in [5.41, 5.74) is 1.35. The van der Waals surface area contributed by atoms with Gasteiger partial charge in [0, 0.05) is 6.04 Å². The van der Waals surface area contributed by atoms with Crippen LogP contribution in [0.4, 0.5) is 0 Å². The molecule has 0 aliphatic heterocycles. The summed E-state index contributed by atoms with van der Waals surface area (Å²) in [6, 6.07) is 17.1. The first-order valence-corrected chi connectivity index (χ1v) is 10.7. The molecule has 1 aliphatic rings. The van der Waals surface area contributed by atoms with E-state index in [1.165, 1.54) is 24.3 Å². The Morgan fingerprint density at radius 3 is 2.29 bits per heavy atom. The Balaban J connectivity index is 1.49. The number of sulfonamides is 1. The lowest BCUT2D eigenvalue weighted by atomic mass is 9.86. The van der Waals surface area contributed by atoms with E-state index >= 15 is 0 Å². The lowest BCUT2D eigenvalue weighted by Crippen LogP contribution is -2.38. The summed E-state index contributed by atoms with van der Waals surface area (Å²) in [6.45, 7) is 0.255. The van der Waals surface area contributed by atoms with Crippen molar-refractivity contribution < 1.29 is 17.9 Å². The Morgan fingerprint density at radius 1 is 1.04 bits per heavy atom. The van der Waals surface area contributed by atoms with Crippen LogP contribution in [-0.4, -0.2) is 20.4 Å². The molecule has 0 amide bonds. The zero-order valence-electron chi connectivity index (χ0n) is 15.4. The molecule has 2 aromatic rings. The third-order valence-corrected chi connectivity index (χ3v) is 6.44. The Bertz CT molecular complexity index is 942. The normalized spacial score (nSPS) is 19.5. The Morgan fingerprint density at radius 2 is 1.68 bits per heavy atom. The lowest BCUT2D eigenvalue weighted by molar-refractivity contribution is -0.151. The zero-order valence-corrected chi connectivity index (χ0v) is 16.2. The number of rotatable bonds is 6. The van der Waals surface area contributed by atoms with Crippen LogP contribution in [0, 0.1) is 17.2 Å². The van der Waals surface area contributed by atoms with Gasteiger partial charge in [0.15, 0.2) is 0 Å². The van der Waals surface area contributed by atoms with Crippen molar-refractivity contribution in [1.82, 2.24) is 4.72 Å². The third-order valence-electron chi connectivity index (χ3n) is 4.90. The average Bonchev–Trinajstić information content (AvgIpc) is 2.73. The molecule has 1 fully saturated rings. The van der Waals surface area contributed by atoms with Gasteiger partial charge in [-0.3, -0.25) is 4.79 Å². The van der Waals surface area contributed by atoms with Gasteiger partial charge in [-0.1, -0.05) is 30.3 Å². The average molecular weight is 398 g/mol. The van der Waals surface area contributed by atoms with E-state index in [1.807, 2.05) is 36.4 Å². The second-order valence-corrected chi connectivity index (χ2v) is 8.61. The fourth-order valence-corrected chi connectivity index (χ4v) is 4.59. The van der Waals surface area contributed by atoms with Crippen molar-refractivity contribution in [3.8, 4) is 6.07 Å². The van der Waals surface area contributed by atoms with Crippen molar-refractivity contribution in [3.63, 3.8) is 0 Å². The van der Waals surface area contributed by atoms with Gasteiger partial charge in [-0.2, -0.15) is 5.26 Å². The molecule has 146 valence electrons. The van der Waals surface area contributed by atoms with E-state index < -0.39 is 10.0 Å². The van der Waals surface area contributed by atoms with E-state index in [1.54, 1.807) is 0 Å². The van der Waals surface area contributed by atoms with Gasteiger partial charge in [-0.15, -0.1) is 0 Å². The largest absolute Gasteiger partial charge is 0.461 e. The number of hydrogen-bond donors (Lipinski definition) is 1. The fraction of sp³-hybridized carbons (Fsp3) is 0.333. The standard InChI is InChI=1S/C21H22N2O4S/c22-14-16-6-12-20(13-7-16)28(25,26)23-19-10-8-18(9-11-19)21(24)27-15-17-4-2-1-3-5-17/h1-7,12-13,18-19,23H,8-11,15H2. The van der Waals surface area contributed by atoms with Crippen LogP contribution in [0.1, 0.15) is 36.8 Å². The van der Waals surface area contributed by atoms with Gasteiger partial charge < -0.3 is 4.74 Å². The summed E-state index contributed by atoms with van der Waals surface area (Å²) in [7, 11) is -3.64. The smallest absolute Gasteiger partial charge is 0.309 e. The van der Waals surface area contributed by atoms with Crippen molar-refractivity contribution in [1.29, 1.82) is 5.26 Å². The maximum Gasteiger partial charge on any atom is 0.309 e. The first kappa shape index (κ1) is 20.1. The Kier molecular flexibility index (Phi) is 6.45. The molecule has 7 heteroatoms. The second-order valence-electron chi connectivity index (χ2n) is 6.90. The van der Waals surface area contributed by atoms with Gasteiger partial charge >= 0.3 is 5.97 Å². The number of nitrogens with one attached hydrogen (secondary N) is 1. The first-order valence-electron chi connectivity index (χ1n) is 9.21. The molecule has 1 saturated carbocycles. The van der Waals surface area contributed by atoms with Gasteiger partial charge in [-0.25, -0.2) is 13.1 Å². The summed E-state index contributed by atoms with van der Waals surface area (Å²) < 4.78 is 33.1. The van der Waals surface area contributed by atoms with Crippen LogP contribution in [0.2, 0.25) is 0 Å². The summed E-state index contributed by atoms with van der Waals surface area (Å²) in [6.07, 6.45) is 2.35. The SMILES string of the molecule is N#Cc1ccc(S(=O)(=O)NC2CCC(C(=O)OCc3ccccc3)CC2)cc1. The van der Waals surface area contributed by atoms with Crippen LogP contribution in [0.15, 0.2) is 59.5 Å². The second kappa shape index (κ2) is 9.00. The van der Waals surface area contributed by atoms with Crippen LogP contribution < -0.4 is 4.72 Å². The van der Waals surface area contributed by atoms with E-state index in [2.05, 4.69) is 4.72 Å². The van der Waals surface area contributed by atoms with Crippen molar-refractivity contribution >= 4 is 16.0 Å². The zero-order chi connectivity index (χ0) is 20.0. The van der Waals surface area contributed by atoms with Crippen molar-refractivity contribution in [2.45, 2.75) is 43.2 Å². The quantitative estimate of drug-likeness (QED) is 0.754. The van der Waals surface area contributed by atoms with E-state index in [0.717, 1.165) is 5.56 Å². The molecule has 0 aromatic heterocycles. The Labute approximate surface area is 165 Å². The molecule has 0 radical (unpaired) electrons. The minimum absolute atomic E-state index is 0.135. The number of nitriles is 1. The molecule has 6 nitrogen and oxygen atoms in total. The summed E-state index contributed by atoms with van der Waals surface area (Å²) >= 11 is 0. The molecule has 0 spiro atoms. The molecule has 0 bridgehead atoms. The van der Waals surface area contributed by atoms with Gasteiger partial charge in [0.25, 0.3) is 0 Å². The first-order chi connectivity index (χ1) is 13.5. The van der Waals surface area contributed by atoms with Crippen molar-refractivity contribution in [2.24, 2.45) is 5.92 Å². The maximum atomic E-state index is 12.5. The van der Waals surface area contributed by atoms with Crippen LogP contribution in [0.3, 0.4) is 0 Å². The van der Waals surface area contributed by atoms with Crippen LogP contribution >= 0.6 is 0 Å². The van der Waals surface area contributed by atoms with Crippen molar-refractivity contribution in [3.05, 3.63) is 65.7 Å². The summed E-state index contributed by atoms with van der Waals surface area (Å²) in [5.74, 6) is -0.420. The molecule has 0 heterocycles. The number of ether oxygens (including phenoxy) is 1. The molecule has 1 aliphatic carbocycles. The predicted octanol–water partition coefficient (Wildman–Crippen LogP) is 3.14. The topological polar surface area (TPSA) is 96.3 Å². The number of carbonyl (C=O) groups is 1. The molecular formula is C21H22N2O4S. The molecule has 0 atom stereocenters. The minimum Gasteiger partial charge on any atom is -0.461 e. The van der Waals surface area contributed by atoms with Gasteiger partial charge in [0.1, 0.15) is 6.61 Å². The van der Waals surface area contributed by atoms with E-state index in [-0.39, 0.29) is 29.4 Å². The minimum atomic E-state index is -3.64. The predicted molar refractivity (Wildman–Crippen MR) is 103 cm³/mol. The number of nitrogens with zero attached hydrogens (tertiary/aromatic N) is 1. The van der Waals surface area contributed by atoms with Gasteiger partial charge in [-0.05, 0) is 55.5 Å². The highest BCUT2D eigenvalue weighted by atomic mass is 32.2. The number of esters is 1. The van der Waals surface area contributed by atoms with E-state index in [9.17, 15) is 13.2 Å². The molecule has 0 unspecified atom stereocenters. The summed E-state index contributed by atoms with van der Waals surface area (Å²) in [4.78, 5) is 12.4. The summed E-state index contributed by atoms with van der Waals surface area (Å²) in [5, 5.41) is 8.81. The Hall–Kier alpha value is -2.69. The highest BCUT2D eigenvalue weighted by Gasteiger charge is 2.30. The van der Waals surface area contributed by atoms with Crippen LogP contribution in [0.25, 0.3) is 0 Å². The number of hydrogen-bond acceptors (Lipinski definition) is 5. The molecule has 0 saturated heterocycles. The third kappa shape index (κ3) is 5.18. The van der Waals surface area contributed by atoms with E-state index in [4.69, 9.17) is 10.00 Å². The molecule has 2 aromatic carbocycles. The molecule has 3 rings (SSSR count). The number of benzene rings is 2. The molecule has 28 heavy (non-hydrogen) atoms. The fourth-order valence-electron chi connectivity index (χ4n) is 3.29. The maximum absolute atomic E-state index is 12.5. The van der Waals surface area contributed by atoms with Crippen LogP contribution in [-0.2, 0) is 26.2 Å². The highest BCUT2D eigenvalue weighted by molar-refractivity contribution is 7.89. The molecule has 1 N–H and O–H groups in total. The van der Waals surface area contributed by atoms with E-state index in [0.29, 0.717) is 31.2 Å².